The van der Waals surface area contributed by atoms with Gasteiger partial charge in [-0.15, -0.1) is 0 Å². The summed E-state index contributed by atoms with van der Waals surface area (Å²) in [5.74, 6) is -0.671. The molecule has 2 rings (SSSR count). The highest BCUT2D eigenvalue weighted by Crippen LogP contribution is 2.14. The van der Waals surface area contributed by atoms with Crippen molar-refractivity contribution >= 4 is 23.0 Å². The Morgan fingerprint density at radius 2 is 1.79 bits per heavy atom. The van der Waals surface area contributed by atoms with Gasteiger partial charge in [0.2, 0.25) is 5.91 Å². The summed E-state index contributed by atoms with van der Waals surface area (Å²) in [4.78, 5) is 36.7. The molecule has 7 nitrogen and oxygen atoms in total. The van der Waals surface area contributed by atoms with Crippen molar-refractivity contribution in [2.45, 2.75) is 52.1 Å². The van der Waals surface area contributed by atoms with Crippen LogP contribution in [0.15, 0.2) is 29.1 Å². The van der Waals surface area contributed by atoms with Crippen LogP contribution in [0.25, 0.3) is 11.0 Å². The number of nitrogens with two attached hydrogens (primary N) is 1. The summed E-state index contributed by atoms with van der Waals surface area (Å²) in [6.45, 7) is 5.63. The molecule has 2 aromatic rings. The summed E-state index contributed by atoms with van der Waals surface area (Å²) in [6.07, 6.45) is 2.91. The number of hydrogen-bond acceptors (Lipinski definition) is 3. The van der Waals surface area contributed by atoms with Gasteiger partial charge in [-0.1, -0.05) is 31.9 Å². The van der Waals surface area contributed by atoms with Crippen molar-refractivity contribution < 1.29 is 9.59 Å². The summed E-state index contributed by atoms with van der Waals surface area (Å²) < 4.78 is 2.66. The number of unbranched alkanes of at least 4 members (excludes halogenated alkanes) is 2. The fraction of sp³-hybridized carbons (Fsp3) is 0.471. The Bertz CT molecular complexity index is 817. The quantitative estimate of drug-likeness (QED) is 0.789. The molecule has 0 saturated heterocycles. The maximum Gasteiger partial charge on any atom is 0.337 e. The monoisotopic (exact) mass is 332 g/mol. The van der Waals surface area contributed by atoms with Gasteiger partial charge in [0.15, 0.2) is 0 Å². The lowest BCUT2D eigenvalue weighted by Gasteiger charge is -2.22. The van der Waals surface area contributed by atoms with E-state index in [0.717, 1.165) is 23.8 Å². The molecule has 0 aliphatic carbocycles. The lowest BCUT2D eigenvalue weighted by Crippen LogP contribution is -2.55. The van der Waals surface area contributed by atoms with Crippen LogP contribution in [0.4, 0.5) is 4.79 Å². The van der Waals surface area contributed by atoms with Gasteiger partial charge < -0.3 is 11.1 Å². The lowest BCUT2D eigenvalue weighted by atomic mass is 10.1. The Hall–Kier alpha value is -2.57. The van der Waals surface area contributed by atoms with E-state index >= 15 is 0 Å². The van der Waals surface area contributed by atoms with Gasteiger partial charge in [0.25, 0.3) is 0 Å². The molecule has 2 amide bonds. The molecule has 130 valence electrons. The molecule has 0 spiro atoms. The maximum atomic E-state index is 12.7. The fourth-order valence-corrected chi connectivity index (χ4v) is 2.53. The Kier molecular flexibility index (Phi) is 5.11. The van der Waals surface area contributed by atoms with Crippen molar-refractivity contribution in [3.63, 3.8) is 0 Å². The molecule has 3 N–H and O–H groups in total. The van der Waals surface area contributed by atoms with Gasteiger partial charge in [0, 0.05) is 6.54 Å². The van der Waals surface area contributed by atoms with Crippen LogP contribution in [0.2, 0.25) is 0 Å². The highest BCUT2D eigenvalue weighted by Gasteiger charge is 2.29. The molecule has 1 heterocycles. The first-order chi connectivity index (χ1) is 11.3. The summed E-state index contributed by atoms with van der Waals surface area (Å²) in [6, 6.07) is 6.46. The highest BCUT2D eigenvalue weighted by molar-refractivity contribution is 5.93. The second kappa shape index (κ2) is 6.90. The van der Waals surface area contributed by atoms with Crippen molar-refractivity contribution in [3.05, 3.63) is 34.7 Å². The zero-order chi connectivity index (χ0) is 17.9. The van der Waals surface area contributed by atoms with Gasteiger partial charge >= 0.3 is 11.7 Å². The van der Waals surface area contributed by atoms with E-state index in [1.807, 2.05) is 12.1 Å². The first-order valence-electron chi connectivity index (χ1n) is 8.12. The van der Waals surface area contributed by atoms with Crippen LogP contribution in [0, 0.1) is 0 Å². The number of imidazole rings is 1. The molecule has 0 aliphatic rings. The second-order valence-corrected chi connectivity index (χ2v) is 6.38. The summed E-state index contributed by atoms with van der Waals surface area (Å²) in [7, 11) is 0. The zero-order valence-corrected chi connectivity index (χ0v) is 14.3. The van der Waals surface area contributed by atoms with Crippen LogP contribution in [0.1, 0.15) is 40.0 Å². The molecule has 1 aromatic heterocycles. The van der Waals surface area contributed by atoms with Gasteiger partial charge in [0.1, 0.15) is 5.54 Å². The molecule has 0 saturated carbocycles. The number of carbonyl (C=O) groups excluding carboxylic acids is 2. The number of rotatable bonds is 6. The third-order valence-corrected chi connectivity index (χ3v) is 4.06. The third kappa shape index (κ3) is 3.34. The number of primary amides is 1. The molecule has 0 aliphatic heterocycles. The summed E-state index contributed by atoms with van der Waals surface area (Å²) in [5, 5.41) is 2.52. The normalized spacial score (nSPS) is 11.6. The fourth-order valence-electron chi connectivity index (χ4n) is 2.53. The number of amides is 2. The molecule has 0 fully saturated rings. The molecule has 0 bridgehead atoms. The van der Waals surface area contributed by atoms with Crippen LogP contribution >= 0.6 is 0 Å². The number of aromatic nitrogens is 2. The zero-order valence-electron chi connectivity index (χ0n) is 14.3. The van der Waals surface area contributed by atoms with E-state index in [0.29, 0.717) is 17.6 Å². The number of hydrogen-bond donors (Lipinski definition) is 2. The topological polar surface area (TPSA) is 99.1 Å². The molecule has 0 radical (unpaired) electrons. The van der Waals surface area contributed by atoms with Crippen molar-refractivity contribution in [2.75, 3.05) is 0 Å². The van der Waals surface area contributed by atoms with Crippen molar-refractivity contribution in [1.29, 1.82) is 0 Å². The lowest BCUT2D eigenvalue weighted by molar-refractivity contribution is -0.122. The minimum absolute atomic E-state index is 0.412. The molecule has 24 heavy (non-hydrogen) atoms. The first kappa shape index (κ1) is 17.8. The Balaban J connectivity index is 2.47. The van der Waals surface area contributed by atoms with E-state index in [4.69, 9.17) is 5.73 Å². The van der Waals surface area contributed by atoms with E-state index < -0.39 is 23.2 Å². The van der Waals surface area contributed by atoms with Crippen molar-refractivity contribution in [2.24, 2.45) is 5.73 Å². The highest BCUT2D eigenvalue weighted by atomic mass is 16.2. The Morgan fingerprint density at radius 1 is 1.17 bits per heavy atom. The minimum atomic E-state index is -1.25. The first-order valence-corrected chi connectivity index (χ1v) is 8.12. The van der Waals surface area contributed by atoms with E-state index in [2.05, 4.69) is 12.2 Å². The van der Waals surface area contributed by atoms with Gasteiger partial charge in [-0.3, -0.25) is 9.36 Å². The smallest absolute Gasteiger partial charge is 0.337 e. The van der Waals surface area contributed by atoms with E-state index in [1.165, 1.54) is 13.8 Å². The predicted octanol–water partition coefficient (Wildman–Crippen LogP) is 1.81. The number of benzene rings is 1. The van der Waals surface area contributed by atoms with Gasteiger partial charge in [0.05, 0.1) is 11.0 Å². The number of nitrogens with one attached hydrogen (secondary N) is 1. The van der Waals surface area contributed by atoms with Crippen LogP contribution < -0.4 is 16.7 Å². The number of aryl methyl sites for hydroxylation is 1. The average Bonchev–Trinajstić information content (AvgIpc) is 2.79. The van der Waals surface area contributed by atoms with E-state index in [-0.39, 0.29) is 0 Å². The van der Waals surface area contributed by atoms with Crippen molar-refractivity contribution in [1.82, 2.24) is 14.5 Å². The number of nitrogens with zero attached hydrogens (tertiary/aromatic N) is 2. The third-order valence-electron chi connectivity index (χ3n) is 4.06. The van der Waals surface area contributed by atoms with Crippen molar-refractivity contribution in [3.8, 4) is 0 Å². The Morgan fingerprint density at radius 3 is 2.38 bits per heavy atom. The van der Waals surface area contributed by atoms with Crippen LogP contribution in [0.3, 0.4) is 0 Å². The number of carbonyl (C=O) groups is 2. The predicted molar refractivity (Wildman–Crippen MR) is 92.9 cm³/mol. The average molecular weight is 332 g/mol. The van der Waals surface area contributed by atoms with Crippen LogP contribution in [-0.2, 0) is 11.3 Å². The van der Waals surface area contributed by atoms with Gasteiger partial charge in [-0.2, -0.15) is 0 Å². The summed E-state index contributed by atoms with van der Waals surface area (Å²) in [5.41, 5.74) is 4.84. The second-order valence-electron chi connectivity index (χ2n) is 6.38. The van der Waals surface area contributed by atoms with Crippen LogP contribution in [0.5, 0.6) is 0 Å². The Labute approximate surface area is 140 Å². The summed E-state index contributed by atoms with van der Waals surface area (Å²) >= 11 is 0. The number of para-hydroxylation sites is 2. The van der Waals surface area contributed by atoms with Gasteiger partial charge in [-0.05, 0) is 32.4 Å². The molecular weight excluding hydrogens is 308 g/mol. The SMILES string of the molecule is CCCCCn1c(=O)n(C(=O)NC(C)(C)C(N)=O)c2ccccc21. The standard InChI is InChI=1S/C17H24N4O3/c1-4-5-8-11-20-12-9-6-7-10-13(12)21(16(20)24)15(23)19-17(2,3)14(18)22/h6-7,9-10H,4-5,8,11H2,1-3H3,(H2,18,22)(H,19,23). The maximum absolute atomic E-state index is 12.7. The van der Waals surface area contributed by atoms with E-state index in [1.54, 1.807) is 16.7 Å². The molecule has 1 aromatic carbocycles. The van der Waals surface area contributed by atoms with E-state index in [9.17, 15) is 14.4 Å². The molecular formula is C17H24N4O3. The molecule has 0 unspecified atom stereocenters. The molecule has 0 atom stereocenters. The largest absolute Gasteiger partial charge is 0.368 e. The molecule has 7 heteroatoms. The van der Waals surface area contributed by atoms with Gasteiger partial charge in [-0.25, -0.2) is 14.2 Å². The minimum Gasteiger partial charge on any atom is -0.368 e. The van der Waals surface area contributed by atoms with Crippen LogP contribution in [-0.4, -0.2) is 26.6 Å². The number of fused-ring (bicyclic) bond motifs is 1.